The molecule has 0 bridgehead atoms. The quantitative estimate of drug-likeness (QED) is 0.522. The van der Waals surface area contributed by atoms with Gasteiger partial charge in [-0.25, -0.2) is 8.42 Å². The van der Waals surface area contributed by atoms with Gasteiger partial charge in [0.05, 0.1) is 12.7 Å². The van der Waals surface area contributed by atoms with E-state index in [4.69, 9.17) is 4.74 Å². The molecule has 1 amide bonds. The summed E-state index contributed by atoms with van der Waals surface area (Å²) in [5.74, 6) is 1.56. The Labute approximate surface area is 196 Å². The molecule has 1 saturated carbocycles. The minimum atomic E-state index is -3.53. The van der Waals surface area contributed by atoms with Gasteiger partial charge >= 0.3 is 0 Å². The van der Waals surface area contributed by atoms with Crippen LogP contribution in [0.5, 0.6) is 5.75 Å². The molecule has 33 heavy (non-hydrogen) atoms. The van der Waals surface area contributed by atoms with Crippen LogP contribution >= 0.6 is 0 Å². The molecule has 4 rings (SSSR count). The van der Waals surface area contributed by atoms with Crippen molar-refractivity contribution in [1.29, 1.82) is 0 Å². The first-order chi connectivity index (χ1) is 15.8. The Morgan fingerprint density at radius 2 is 1.85 bits per heavy atom. The normalized spacial score (nSPS) is 24.7. The number of ether oxygens (including phenoxy) is 1. The highest BCUT2D eigenvalue weighted by Crippen LogP contribution is 2.41. The lowest BCUT2D eigenvalue weighted by atomic mass is 9.90. The second-order valence-corrected chi connectivity index (χ2v) is 11.0. The minimum Gasteiger partial charge on any atom is -0.492 e. The number of benzene rings is 2. The first-order valence-electron chi connectivity index (χ1n) is 11.5. The van der Waals surface area contributed by atoms with Gasteiger partial charge in [0.2, 0.25) is 15.9 Å². The molecule has 1 aliphatic heterocycles. The SMILES string of the molecule is CC1C(CN[C@@H]2C[C@H]2c2ccccc2)CN1CCOc1ccc(CC(=O)NS(C)(=O)=O)cc1. The van der Waals surface area contributed by atoms with E-state index in [9.17, 15) is 13.2 Å². The Morgan fingerprint density at radius 3 is 2.52 bits per heavy atom. The maximum atomic E-state index is 11.7. The van der Waals surface area contributed by atoms with E-state index < -0.39 is 15.9 Å². The van der Waals surface area contributed by atoms with Crippen molar-refractivity contribution in [2.75, 3.05) is 32.5 Å². The number of nitrogens with zero attached hydrogens (tertiary/aromatic N) is 1. The lowest BCUT2D eigenvalue weighted by molar-refractivity contribution is -0.118. The largest absolute Gasteiger partial charge is 0.492 e. The van der Waals surface area contributed by atoms with E-state index in [1.165, 1.54) is 12.0 Å². The summed E-state index contributed by atoms with van der Waals surface area (Å²) in [6.07, 6.45) is 2.22. The van der Waals surface area contributed by atoms with E-state index in [-0.39, 0.29) is 6.42 Å². The average Bonchev–Trinajstić information content (AvgIpc) is 3.55. The topological polar surface area (TPSA) is 87.7 Å². The molecule has 2 aliphatic rings. The van der Waals surface area contributed by atoms with Crippen LogP contribution in [0.25, 0.3) is 0 Å². The van der Waals surface area contributed by atoms with Crippen LogP contribution < -0.4 is 14.8 Å². The molecule has 2 aromatic carbocycles. The van der Waals surface area contributed by atoms with Crippen LogP contribution in [0.4, 0.5) is 0 Å². The predicted octanol–water partition coefficient (Wildman–Crippen LogP) is 2.15. The van der Waals surface area contributed by atoms with Gasteiger partial charge in [0, 0.05) is 37.6 Å². The van der Waals surface area contributed by atoms with Crippen molar-refractivity contribution in [3.63, 3.8) is 0 Å². The molecule has 2 N–H and O–H groups in total. The zero-order chi connectivity index (χ0) is 23.4. The molecule has 1 heterocycles. The van der Waals surface area contributed by atoms with Gasteiger partial charge in [0.25, 0.3) is 0 Å². The standard InChI is InChI=1S/C25H33N3O4S/c1-18-21(16-26-24-15-23(24)20-6-4-3-5-7-20)17-28(18)12-13-32-22-10-8-19(9-11-22)14-25(29)27-33(2,30)31/h3-11,18,21,23-24,26H,12-17H2,1-2H3,(H,27,29)/t18?,21?,23-,24+/m0/s1. The third-order valence-corrected chi connectivity index (χ3v) is 7.22. The first kappa shape index (κ1) is 23.7. The number of amides is 1. The van der Waals surface area contributed by atoms with Crippen LogP contribution in [0, 0.1) is 5.92 Å². The smallest absolute Gasteiger partial charge is 0.237 e. The summed E-state index contributed by atoms with van der Waals surface area (Å²) < 4.78 is 30.0. The van der Waals surface area contributed by atoms with Gasteiger partial charge < -0.3 is 10.1 Å². The van der Waals surface area contributed by atoms with Gasteiger partial charge in [-0.2, -0.15) is 0 Å². The molecule has 2 unspecified atom stereocenters. The van der Waals surface area contributed by atoms with Gasteiger partial charge in [0.15, 0.2) is 0 Å². The van der Waals surface area contributed by atoms with Crippen molar-refractivity contribution in [2.45, 2.75) is 37.8 Å². The highest BCUT2D eigenvalue weighted by Gasteiger charge is 2.40. The van der Waals surface area contributed by atoms with E-state index >= 15 is 0 Å². The monoisotopic (exact) mass is 471 g/mol. The zero-order valence-electron chi connectivity index (χ0n) is 19.2. The van der Waals surface area contributed by atoms with Gasteiger partial charge in [-0.3, -0.25) is 14.4 Å². The number of nitrogens with one attached hydrogen (secondary N) is 2. The summed E-state index contributed by atoms with van der Waals surface area (Å²) in [6, 6.07) is 19.1. The Morgan fingerprint density at radius 1 is 1.12 bits per heavy atom. The molecule has 2 aromatic rings. The van der Waals surface area contributed by atoms with Crippen LogP contribution in [-0.4, -0.2) is 63.8 Å². The number of carbonyl (C=O) groups excluding carboxylic acids is 1. The van der Waals surface area contributed by atoms with Crippen LogP contribution in [-0.2, 0) is 21.2 Å². The zero-order valence-corrected chi connectivity index (χ0v) is 20.1. The molecule has 0 spiro atoms. The molecule has 1 aliphatic carbocycles. The Balaban J connectivity index is 1.11. The van der Waals surface area contributed by atoms with E-state index in [0.717, 1.165) is 37.2 Å². The van der Waals surface area contributed by atoms with Crippen molar-refractivity contribution in [2.24, 2.45) is 5.92 Å². The van der Waals surface area contributed by atoms with Crippen LogP contribution in [0.1, 0.15) is 30.4 Å². The Bertz CT molecular complexity index is 1040. The van der Waals surface area contributed by atoms with E-state index in [1.807, 2.05) is 16.9 Å². The van der Waals surface area contributed by atoms with Gasteiger partial charge in [-0.1, -0.05) is 42.5 Å². The van der Waals surface area contributed by atoms with Gasteiger partial charge in [0.1, 0.15) is 12.4 Å². The lowest BCUT2D eigenvalue weighted by Crippen LogP contribution is -2.58. The molecule has 8 heteroatoms. The highest BCUT2D eigenvalue weighted by atomic mass is 32.2. The molecule has 1 saturated heterocycles. The first-order valence-corrected chi connectivity index (χ1v) is 13.4. The summed E-state index contributed by atoms with van der Waals surface area (Å²) in [6.45, 7) is 5.94. The second kappa shape index (κ2) is 10.2. The van der Waals surface area contributed by atoms with Crippen LogP contribution in [0.15, 0.2) is 54.6 Å². The summed E-state index contributed by atoms with van der Waals surface area (Å²) >= 11 is 0. The van der Waals surface area contributed by atoms with E-state index in [2.05, 4.69) is 47.5 Å². The summed E-state index contributed by atoms with van der Waals surface area (Å²) in [5, 5.41) is 3.75. The predicted molar refractivity (Wildman–Crippen MR) is 129 cm³/mol. The molecular weight excluding hydrogens is 438 g/mol. The molecule has 178 valence electrons. The second-order valence-electron chi connectivity index (χ2n) is 9.23. The van der Waals surface area contributed by atoms with E-state index in [0.29, 0.717) is 30.5 Å². The van der Waals surface area contributed by atoms with Crippen molar-refractivity contribution < 1.29 is 17.9 Å². The summed E-state index contributed by atoms with van der Waals surface area (Å²) in [5.41, 5.74) is 2.18. The summed E-state index contributed by atoms with van der Waals surface area (Å²) in [4.78, 5) is 14.1. The third kappa shape index (κ3) is 6.79. The molecule has 2 fully saturated rings. The Kier molecular flexibility index (Phi) is 7.36. The Hall–Kier alpha value is -2.42. The number of likely N-dealkylation sites (tertiary alicyclic amines) is 1. The number of rotatable bonds is 11. The average molecular weight is 472 g/mol. The fourth-order valence-corrected chi connectivity index (χ4v) is 5.00. The van der Waals surface area contributed by atoms with Crippen molar-refractivity contribution in [3.05, 3.63) is 65.7 Å². The molecular formula is C25H33N3O4S. The number of hydrogen-bond acceptors (Lipinski definition) is 6. The van der Waals surface area contributed by atoms with Crippen LogP contribution in [0.2, 0.25) is 0 Å². The van der Waals surface area contributed by atoms with Crippen molar-refractivity contribution >= 4 is 15.9 Å². The molecule has 7 nitrogen and oxygen atoms in total. The maximum Gasteiger partial charge on any atom is 0.237 e. The fraction of sp³-hybridized carbons (Fsp3) is 0.480. The minimum absolute atomic E-state index is 0.0149. The lowest BCUT2D eigenvalue weighted by Gasteiger charge is -2.46. The number of carbonyl (C=O) groups is 1. The fourth-order valence-electron chi connectivity index (χ4n) is 4.51. The highest BCUT2D eigenvalue weighted by molar-refractivity contribution is 7.89. The van der Waals surface area contributed by atoms with Crippen molar-refractivity contribution in [1.82, 2.24) is 14.9 Å². The summed E-state index contributed by atoms with van der Waals surface area (Å²) in [7, 11) is -3.53. The number of sulfonamides is 1. The van der Waals surface area contributed by atoms with Gasteiger partial charge in [-0.05, 0) is 42.5 Å². The van der Waals surface area contributed by atoms with E-state index in [1.54, 1.807) is 12.1 Å². The molecule has 4 atom stereocenters. The van der Waals surface area contributed by atoms with Crippen LogP contribution in [0.3, 0.4) is 0 Å². The third-order valence-electron chi connectivity index (χ3n) is 6.62. The number of hydrogen-bond donors (Lipinski definition) is 2. The van der Waals surface area contributed by atoms with Crippen molar-refractivity contribution in [3.8, 4) is 5.75 Å². The molecule has 0 radical (unpaired) electrons. The maximum absolute atomic E-state index is 11.7. The molecule has 0 aromatic heterocycles. The van der Waals surface area contributed by atoms with Gasteiger partial charge in [-0.15, -0.1) is 0 Å².